The molecule has 0 bridgehead atoms. The van der Waals surface area contributed by atoms with Crippen molar-refractivity contribution < 1.29 is 38.4 Å². The summed E-state index contributed by atoms with van der Waals surface area (Å²) in [6.45, 7) is 7.26. The molecule has 1 amide bonds. The summed E-state index contributed by atoms with van der Waals surface area (Å²) in [6.07, 6.45) is 0.616. The molecule has 1 atom stereocenters. The SMILES string of the molecule is COC(=O)c1[nH]c(C)c(/C(O)=C2\C(=O)C(=O)N(CCCN3CCOCC3)C2c2cc(OC)ccc2OC)c1C. The fraction of sp³-hybridized carbons (Fsp3) is 0.464. The zero-order chi connectivity index (χ0) is 28.3. The van der Waals surface area contributed by atoms with Crippen molar-refractivity contribution in [3.63, 3.8) is 0 Å². The van der Waals surface area contributed by atoms with Crippen molar-refractivity contribution in [2.75, 3.05) is 60.7 Å². The molecule has 2 aromatic rings. The quantitative estimate of drug-likeness (QED) is 0.213. The summed E-state index contributed by atoms with van der Waals surface area (Å²) in [5.41, 5.74) is 1.72. The van der Waals surface area contributed by atoms with Gasteiger partial charge in [-0.2, -0.15) is 0 Å². The zero-order valence-corrected chi connectivity index (χ0v) is 23.0. The van der Waals surface area contributed by atoms with Crippen LogP contribution in [0.3, 0.4) is 0 Å². The van der Waals surface area contributed by atoms with Crippen LogP contribution in [0.15, 0.2) is 23.8 Å². The predicted octanol–water partition coefficient (Wildman–Crippen LogP) is 2.58. The molecule has 0 saturated carbocycles. The Kier molecular flexibility index (Phi) is 8.61. The Morgan fingerprint density at radius 1 is 1.10 bits per heavy atom. The molecule has 1 aromatic carbocycles. The van der Waals surface area contributed by atoms with Crippen LogP contribution in [0.5, 0.6) is 11.5 Å². The van der Waals surface area contributed by atoms with Gasteiger partial charge in [0.25, 0.3) is 11.7 Å². The highest BCUT2D eigenvalue weighted by molar-refractivity contribution is 6.46. The first-order valence-electron chi connectivity index (χ1n) is 12.8. The van der Waals surface area contributed by atoms with Crippen molar-refractivity contribution in [1.82, 2.24) is 14.8 Å². The fourth-order valence-electron chi connectivity index (χ4n) is 5.32. The molecule has 4 rings (SSSR count). The van der Waals surface area contributed by atoms with Crippen LogP contribution in [0, 0.1) is 13.8 Å². The van der Waals surface area contributed by atoms with E-state index in [4.69, 9.17) is 18.9 Å². The van der Waals surface area contributed by atoms with E-state index in [9.17, 15) is 19.5 Å². The van der Waals surface area contributed by atoms with Gasteiger partial charge in [0.15, 0.2) is 0 Å². The first-order valence-corrected chi connectivity index (χ1v) is 12.8. The number of carbonyl (C=O) groups is 3. The minimum Gasteiger partial charge on any atom is -0.507 e. The van der Waals surface area contributed by atoms with Crippen molar-refractivity contribution in [3.8, 4) is 11.5 Å². The van der Waals surface area contributed by atoms with Gasteiger partial charge in [-0.15, -0.1) is 0 Å². The van der Waals surface area contributed by atoms with E-state index < -0.39 is 23.7 Å². The lowest BCUT2D eigenvalue weighted by Crippen LogP contribution is -2.39. The summed E-state index contributed by atoms with van der Waals surface area (Å²) in [5.74, 6) is -1.57. The van der Waals surface area contributed by atoms with Gasteiger partial charge < -0.3 is 33.9 Å². The number of aliphatic hydroxyl groups is 1. The lowest BCUT2D eigenvalue weighted by molar-refractivity contribution is -0.140. The highest BCUT2D eigenvalue weighted by Gasteiger charge is 2.47. The van der Waals surface area contributed by atoms with Crippen LogP contribution in [0.2, 0.25) is 0 Å². The normalized spacial score (nSPS) is 19.4. The fourth-order valence-corrected chi connectivity index (χ4v) is 5.32. The first-order chi connectivity index (χ1) is 18.7. The van der Waals surface area contributed by atoms with Gasteiger partial charge in [0.05, 0.1) is 46.2 Å². The minimum absolute atomic E-state index is 0.0838. The summed E-state index contributed by atoms with van der Waals surface area (Å²) in [4.78, 5) is 45.9. The van der Waals surface area contributed by atoms with E-state index in [1.165, 1.54) is 26.2 Å². The Balaban J connectivity index is 1.82. The number of hydrogen-bond donors (Lipinski definition) is 2. The van der Waals surface area contributed by atoms with E-state index in [0.29, 0.717) is 48.0 Å². The maximum absolute atomic E-state index is 13.5. The molecule has 2 aliphatic rings. The number of H-pyrrole nitrogens is 1. The van der Waals surface area contributed by atoms with Crippen LogP contribution < -0.4 is 9.47 Å². The number of Topliss-reactive ketones (excluding diaryl/α,β-unsaturated/α-hetero) is 1. The second-order valence-electron chi connectivity index (χ2n) is 9.52. The van der Waals surface area contributed by atoms with Crippen molar-refractivity contribution in [2.24, 2.45) is 0 Å². The van der Waals surface area contributed by atoms with Crippen molar-refractivity contribution >= 4 is 23.4 Å². The molecule has 39 heavy (non-hydrogen) atoms. The lowest BCUT2D eigenvalue weighted by Gasteiger charge is -2.29. The number of nitrogens with one attached hydrogen (secondary N) is 1. The van der Waals surface area contributed by atoms with Crippen LogP contribution in [-0.2, 0) is 19.1 Å². The summed E-state index contributed by atoms with van der Waals surface area (Å²) in [6, 6.07) is 4.18. The second-order valence-corrected chi connectivity index (χ2v) is 9.52. The Morgan fingerprint density at radius 2 is 1.82 bits per heavy atom. The molecule has 0 radical (unpaired) electrons. The number of esters is 1. The molecule has 2 aliphatic heterocycles. The first kappa shape index (κ1) is 28.2. The number of benzene rings is 1. The smallest absolute Gasteiger partial charge is 0.354 e. The Hall–Kier alpha value is -3.83. The number of ketones is 1. The van der Waals surface area contributed by atoms with Crippen molar-refractivity contribution in [1.29, 1.82) is 0 Å². The number of aromatic nitrogens is 1. The highest BCUT2D eigenvalue weighted by atomic mass is 16.5. The van der Waals surface area contributed by atoms with Crippen molar-refractivity contribution in [3.05, 3.63) is 51.9 Å². The molecule has 2 saturated heterocycles. The molecule has 2 N–H and O–H groups in total. The van der Waals surface area contributed by atoms with Crippen LogP contribution in [-0.4, -0.2) is 98.3 Å². The summed E-state index contributed by atoms with van der Waals surface area (Å²) < 4.78 is 21.3. The van der Waals surface area contributed by atoms with Gasteiger partial charge in [-0.25, -0.2) is 4.79 Å². The number of methoxy groups -OCH3 is 3. The molecule has 11 heteroatoms. The molecule has 3 heterocycles. The van der Waals surface area contributed by atoms with Crippen LogP contribution in [0.1, 0.15) is 45.3 Å². The van der Waals surface area contributed by atoms with Crippen LogP contribution >= 0.6 is 0 Å². The zero-order valence-electron chi connectivity index (χ0n) is 23.0. The van der Waals surface area contributed by atoms with E-state index in [-0.39, 0.29) is 29.1 Å². The van der Waals surface area contributed by atoms with Crippen LogP contribution in [0.25, 0.3) is 5.76 Å². The number of likely N-dealkylation sites (tertiary alicyclic amines) is 1. The second kappa shape index (κ2) is 11.9. The number of aromatic amines is 1. The maximum Gasteiger partial charge on any atom is 0.354 e. The number of rotatable bonds is 9. The number of amides is 1. The maximum atomic E-state index is 13.5. The number of aliphatic hydroxyl groups excluding tert-OH is 1. The van der Waals surface area contributed by atoms with E-state index in [0.717, 1.165) is 19.6 Å². The molecule has 0 aliphatic carbocycles. The molecular formula is C28H35N3O8. The number of carbonyl (C=O) groups excluding carboxylic acids is 3. The van der Waals surface area contributed by atoms with Gasteiger partial charge in [-0.1, -0.05) is 0 Å². The summed E-state index contributed by atoms with van der Waals surface area (Å²) in [5, 5.41) is 11.6. The third-order valence-corrected chi connectivity index (χ3v) is 7.31. The number of ether oxygens (including phenoxy) is 4. The van der Waals surface area contributed by atoms with E-state index >= 15 is 0 Å². The highest BCUT2D eigenvalue weighted by Crippen LogP contribution is 2.44. The third-order valence-electron chi connectivity index (χ3n) is 7.31. The lowest BCUT2D eigenvalue weighted by atomic mass is 9.93. The molecule has 1 unspecified atom stereocenters. The Morgan fingerprint density at radius 3 is 2.46 bits per heavy atom. The number of nitrogens with zero attached hydrogens (tertiary/aromatic N) is 2. The molecule has 210 valence electrons. The van der Waals surface area contributed by atoms with Gasteiger partial charge in [0, 0.05) is 43.0 Å². The molecule has 11 nitrogen and oxygen atoms in total. The Bertz CT molecular complexity index is 1290. The van der Waals surface area contributed by atoms with E-state index in [1.54, 1.807) is 32.0 Å². The van der Waals surface area contributed by atoms with E-state index in [2.05, 4.69) is 9.88 Å². The van der Waals surface area contributed by atoms with Gasteiger partial charge >= 0.3 is 5.97 Å². The van der Waals surface area contributed by atoms with Gasteiger partial charge in [-0.05, 0) is 44.0 Å². The third kappa shape index (κ3) is 5.37. The number of morpholine rings is 1. The van der Waals surface area contributed by atoms with Gasteiger partial charge in [-0.3, -0.25) is 14.5 Å². The van der Waals surface area contributed by atoms with Crippen LogP contribution in [0.4, 0.5) is 0 Å². The molecule has 1 aromatic heterocycles. The average Bonchev–Trinajstić information content (AvgIpc) is 3.39. The summed E-state index contributed by atoms with van der Waals surface area (Å²) >= 11 is 0. The standard InChI is InChI=1S/C28H35N3O8/c1-16-21(17(2)29-23(16)28(35)38-5)25(32)22-24(19-15-18(36-3)7-8-20(19)37-4)31(27(34)26(22)33)10-6-9-30-11-13-39-14-12-30/h7-8,15,24,29,32H,6,9-14H2,1-5H3/b25-22+. The number of aryl methyl sites for hydroxylation is 1. The number of hydrogen-bond acceptors (Lipinski definition) is 9. The molecular weight excluding hydrogens is 506 g/mol. The largest absolute Gasteiger partial charge is 0.507 e. The molecule has 0 spiro atoms. The summed E-state index contributed by atoms with van der Waals surface area (Å²) in [7, 11) is 4.28. The van der Waals surface area contributed by atoms with Gasteiger partial charge in [0.1, 0.15) is 23.0 Å². The molecule has 2 fully saturated rings. The topological polar surface area (TPSA) is 131 Å². The predicted molar refractivity (Wildman–Crippen MR) is 142 cm³/mol. The monoisotopic (exact) mass is 541 g/mol. The minimum atomic E-state index is -0.935. The Labute approximate surface area is 227 Å². The van der Waals surface area contributed by atoms with Crippen molar-refractivity contribution in [2.45, 2.75) is 26.3 Å². The average molecular weight is 542 g/mol. The van der Waals surface area contributed by atoms with Gasteiger partial charge in [0.2, 0.25) is 0 Å². The van der Waals surface area contributed by atoms with E-state index in [1.807, 2.05) is 0 Å².